The molecular weight excluding hydrogens is 612 g/mol. The van der Waals surface area contributed by atoms with Gasteiger partial charge in [0.1, 0.15) is 11.9 Å². The molecule has 4 N–H and O–H groups in total. The molecular formula is C32H34F4N4O4S. The summed E-state index contributed by atoms with van der Waals surface area (Å²) in [5.41, 5.74) is 0.617. The maximum atomic E-state index is 14.3. The molecule has 4 rings (SSSR count). The van der Waals surface area contributed by atoms with Crippen molar-refractivity contribution in [3.8, 4) is 0 Å². The highest BCUT2D eigenvalue weighted by Gasteiger charge is 2.49. The molecule has 8 nitrogen and oxygen atoms in total. The number of aliphatic hydroxyl groups is 1. The molecule has 0 unspecified atom stereocenters. The van der Waals surface area contributed by atoms with Crippen LogP contribution in [0.15, 0.2) is 72.8 Å². The molecule has 13 heteroatoms. The lowest BCUT2D eigenvalue weighted by Gasteiger charge is -2.33. The second-order valence-electron chi connectivity index (χ2n) is 11.3. The van der Waals surface area contributed by atoms with Gasteiger partial charge in [-0.15, -0.1) is 11.8 Å². The van der Waals surface area contributed by atoms with E-state index in [-0.39, 0.29) is 18.8 Å². The lowest BCUT2D eigenvalue weighted by atomic mass is 9.97. The topological polar surface area (TPSA) is 111 Å². The van der Waals surface area contributed by atoms with Gasteiger partial charge in [-0.2, -0.15) is 13.2 Å². The van der Waals surface area contributed by atoms with Gasteiger partial charge in [-0.05, 0) is 62.1 Å². The first-order chi connectivity index (χ1) is 21.2. The third-order valence-electron chi connectivity index (χ3n) is 7.58. The average Bonchev–Trinajstić information content (AvgIpc) is 3.31. The molecule has 240 valence electrons. The predicted octanol–water partition coefficient (Wildman–Crippen LogP) is 5.24. The number of alkyl halides is 3. The van der Waals surface area contributed by atoms with E-state index >= 15 is 0 Å². The summed E-state index contributed by atoms with van der Waals surface area (Å²) in [6.07, 6.45) is -6.69. The largest absolute Gasteiger partial charge is 0.416 e. The number of aliphatic hydroxyl groups excluding tert-OH is 1. The van der Waals surface area contributed by atoms with Crippen LogP contribution in [0.5, 0.6) is 0 Å². The van der Waals surface area contributed by atoms with Crippen molar-refractivity contribution in [3.63, 3.8) is 0 Å². The van der Waals surface area contributed by atoms with E-state index in [1.807, 2.05) is 50.4 Å². The van der Waals surface area contributed by atoms with Crippen LogP contribution < -0.4 is 16.0 Å². The molecule has 3 aromatic carbocycles. The van der Waals surface area contributed by atoms with Crippen molar-refractivity contribution in [2.24, 2.45) is 0 Å². The van der Waals surface area contributed by atoms with Crippen molar-refractivity contribution in [2.45, 2.75) is 62.8 Å². The fourth-order valence-corrected chi connectivity index (χ4v) is 6.22. The first-order valence-corrected chi connectivity index (χ1v) is 15.1. The van der Waals surface area contributed by atoms with Gasteiger partial charge in [0.25, 0.3) is 5.91 Å². The monoisotopic (exact) mass is 646 g/mol. The molecule has 1 fully saturated rings. The molecule has 45 heavy (non-hydrogen) atoms. The predicted molar refractivity (Wildman–Crippen MR) is 164 cm³/mol. The number of anilines is 1. The molecule has 0 aliphatic carbocycles. The van der Waals surface area contributed by atoms with Gasteiger partial charge in [-0.1, -0.05) is 54.6 Å². The van der Waals surface area contributed by atoms with Crippen molar-refractivity contribution in [2.75, 3.05) is 11.2 Å². The number of rotatable bonds is 9. The lowest BCUT2D eigenvalue weighted by molar-refractivity contribution is -0.147. The molecule has 0 aromatic heterocycles. The van der Waals surface area contributed by atoms with Crippen molar-refractivity contribution in [1.82, 2.24) is 15.5 Å². The zero-order chi connectivity index (χ0) is 32.9. The Labute approximate surface area is 262 Å². The summed E-state index contributed by atoms with van der Waals surface area (Å²) in [5, 5.41) is 18.7. The van der Waals surface area contributed by atoms with Gasteiger partial charge >= 0.3 is 12.2 Å². The van der Waals surface area contributed by atoms with Crippen LogP contribution in [-0.4, -0.2) is 56.7 Å². The van der Waals surface area contributed by atoms with E-state index in [1.54, 1.807) is 30.3 Å². The van der Waals surface area contributed by atoms with Crippen LogP contribution in [0, 0.1) is 12.7 Å². The number of benzene rings is 3. The number of nitrogens with zero attached hydrogens (tertiary/aromatic N) is 1. The van der Waals surface area contributed by atoms with Crippen LogP contribution >= 0.6 is 11.8 Å². The zero-order valence-electron chi connectivity index (χ0n) is 24.8. The molecule has 3 aromatic rings. The smallest absolute Gasteiger partial charge is 0.381 e. The molecule has 0 bridgehead atoms. The summed E-state index contributed by atoms with van der Waals surface area (Å²) in [7, 11) is 0. The van der Waals surface area contributed by atoms with Crippen molar-refractivity contribution in [3.05, 3.63) is 101 Å². The molecule has 4 amide bonds. The highest BCUT2D eigenvalue weighted by Crippen LogP contribution is 2.40. The van der Waals surface area contributed by atoms with E-state index in [0.29, 0.717) is 23.8 Å². The molecule has 1 aliphatic heterocycles. The van der Waals surface area contributed by atoms with Crippen molar-refractivity contribution >= 4 is 35.3 Å². The number of hydrogen-bond acceptors (Lipinski definition) is 5. The standard InChI is InChI=1S/C32H34F4N4O4S/c1-19-9-7-8-12-21(19)17-37-28(42)27-31(2,3)45-18-40(27)29(43)26(41)25(15-20-10-5-4-6-11-20)39-30(44)38-24-16-22(32(34,35)36)13-14-23(24)33/h4-14,16,25-27,41H,15,17-18H2,1-3H3,(H,37,42)(H2,38,39,44)/t25-,26-,27+/m0/s1. The summed E-state index contributed by atoms with van der Waals surface area (Å²) < 4.78 is 53.1. The zero-order valence-corrected chi connectivity index (χ0v) is 25.6. The van der Waals surface area contributed by atoms with E-state index < -0.39 is 64.0 Å². The number of aryl methyl sites for hydroxylation is 1. The summed E-state index contributed by atoms with van der Waals surface area (Å²) >= 11 is 1.35. The maximum absolute atomic E-state index is 14.3. The normalized spacial score (nSPS) is 17.3. The second-order valence-corrected chi connectivity index (χ2v) is 12.9. The minimum absolute atomic E-state index is 0.0548. The summed E-state index contributed by atoms with van der Waals surface area (Å²) in [6, 6.07) is 14.3. The summed E-state index contributed by atoms with van der Waals surface area (Å²) in [4.78, 5) is 41.4. The van der Waals surface area contributed by atoms with E-state index in [0.717, 1.165) is 11.1 Å². The number of hydrogen-bond donors (Lipinski definition) is 4. The number of thioether (sulfide) groups is 1. The molecule has 1 heterocycles. The molecule has 0 saturated carbocycles. The summed E-state index contributed by atoms with van der Waals surface area (Å²) in [5.74, 6) is -2.26. The first kappa shape index (κ1) is 33.8. The number of urea groups is 1. The average molecular weight is 647 g/mol. The summed E-state index contributed by atoms with van der Waals surface area (Å²) in [6.45, 7) is 5.77. The van der Waals surface area contributed by atoms with E-state index in [2.05, 4.69) is 10.6 Å². The lowest BCUT2D eigenvalue weighted by Crippen LogP contribution is -2.59. The van der Waals surface area contributed by atoms with Crippen LogP contribution in [0.3, 0.4) is 0 Å². The minimum Gasteiger partial charge on any atom is -0.381 e. The van der Waals surface area contributed by atoms with Gasteiger partial charge in [0.05, 0.1) is 23.2 Å². The Hall–Kier alpha value is -4.10. The Kier molecular flexibility index (Phi) is 10.4. The van der Waals surface area contributed by atoms with Crippen LogP contribution in [0.25, 0.3) is 0 Å². The van der Waals surface area contributed by atoms with Gasteiger partial charge in [-0.25, -0.2) is 9.18 Å². The third-order valence-corrected chi connectivity index (χ3v) is 8.96. The Balaban J connectivity index is 1.54. The quantitative estimate of drug-likeness (QED) is 0.238. The minimum atomic E-state index is -4.77. The Morgan fingerprint density at radius 2 is 1.71 bits per heavy atom. The van der Waals surface area contributed by atoms with Crippen LogP contribution in [-0.2, 0) is 28.7 Å². The highest BCUT2D eigenvalue weighted by molar-refractivity contribution is 8.00. The van der Waals surface area contributed by atoms with Crippen LogP contribution in [0.4, 0.5) is 28.0 Å². The van der Waals surface area contributed by atoms with Gasteiger partial charge in [-0.3, -0.25) is 9.59 Å². The van der Waals surface area contributed by atoms with Crippen molar-refractivity contribution < 1.29 is 37.1 Å². The molecule has 3 atom stereocenters. The fourth-order valence-electron chi connectivity index (χ4n) is 5.08. The first-order valence-electron chi connectivity index (χ1n) is 14.1. The molecule has 1 saturated heterocycles. The Morgan fingerprint density at radius 1 is 1.04 bits per heavy atom. The maximum Gasteiger partial charge on any atom is 0.416 e. The van der Waals surface area contributed by atoms with E-state index in [9.17, 15) is 37.1 Å². The number of carbonyl (C=O) groups is 3. The van der Waals surface area contributed by atoms with Gasteiger partial charge < -0.3 is 26.0 Å². The van der Waals surface area contributed by atoms with Crippen LogP contribution in [0.1, 0.15) is 36.1 Å². The second kappa shape index (κ2) is 13.9. The van der Waals surface area contributed by atoms with Crippen LogP contribution in [0.2, 0.25) is 0 Å². The Bertz CT molecular complexity index is 1540. The number of nitrogens with one attached hydrogen (secondary N) is 3. The van der Waals surface area contributed by atoms with E-state index in [4.69, 9.17) is 0 Å². The van der Waals surface area contributed by atoms with Gasteiger partial charge in [0.2, 0.25) is 5.91 Å². The number of amides is 4. The highest BCUT2D eigenvalue weighted by atomic mass is 32.2. The third kappa shape index (κ3) is 8.34. The fraction of sp³-hybridized carbons (Fsp3) is 0.344. The van der Waals surface area contributed by atoms with Crippen molar-refractivity contribution in [1.29, 1.82) is 0 Å². The number of halogens is 4. The number of carbonyl (C=O) groups excluding carboxylic acids is 3. The molecule has 0 spiro atoms. The molecule has 1 aliphatic rings. The van der Waals surface area contributed by atoms with E-state index in [1.165, 1.54) is 16.7 Å². The SMILES string of the molecule is Cc1ccccc1CNC(=O)[C@H]1N(C(=O)[C@@H](O)[C@H](Cc2ccccc2)NC(=O)Nc2cc(C(F)(F)F)ccc2F)CSC1(C)C. The molecule has 0 radical (unpaired) electrons. The Morgan fingerprint density at radius 3 is 2.38 bits per heavy atom. The van der Waals surface area contributed by atoms with Gasteiger partial charge in [0, 0.05) is 11.3 Å². The van der Waals surface area contributed by atoms with Gasteiger partial charge in [0.15, 0.2) is 6.10 Å².